The molecule has 0 radical (unpaired) electrons. The first-order chi connectivity index (χ1) is 15.8. The molecule has 0 bridgehead atoms. The number of rotatable bonds is 10. The molecular formula is C26H31F2N3O2. The molecule has 0 aliphatic heterocycles. The van der Waals surface area contributed by atoms with Crippen molar-refractivity contribution in [1.29, 1.82) is 0 Å². The second kappa shape index (κ2) is 11.9. The molecule has 7 heteroatoms. The first kappa shape index (κ1) is 25.8. The van der Waals surface area contributed by atoms with Gasteiger partial charge in [0.2, 0.25) is 5.82 Å². The van der Waals surface area contributed by atoms with Crippen LogP contribution in [-0.4, -0.2) is 37.2 Å². The quantitative estimate of drug-likeness (QED) is 0.268. The normalized spacial score (nSPS) is 13.2. The number of carbonyl (C=O) groups excluding carboxylic acids is 1. The molecule has 2 rings (SSSR count). The fourth-order valence-electron chi connectivity index (χ4n) is 3.43. The molecule has 0 saturated heterocycles. The highest BCUT2D eigenvalue weighted by Crippen LogP contribution is 2.27. The van der Waals surface area contributed by atoms with E-state index in [0.717, 1.165) is 24.0 Å². The lowest BCUT2D eigenvalue weighted by atomic mass is 10.1. The fourth-order valence-corrected chi connectivity index (χ4v) is 3.43. The molecule has 0 spiro atoms. The molecule has 2 aromatic rings. The van der Waals surface area contributed by atoms with E-state index in [0.29, 0.717) is 16.8 Å². The number of hydrogen-bond donors (Lipinski definition) is 1. The predicted octanol–water partition coefficient (Wildman–Crippen LogP) is 6.07. The van der Waals surface area contributed by atoms with Gasteiger partial charge in [-0.1, -0.05) is 13.0 Å². The van der Waals surface area contributed by atoms with E-state index in [9.17, 15) is 13.6 Å². The van der Waals surface area contributed by atoms with Crippen molar-refractivity contribution in [2.75, 3.05) is 19.5 Å². The van der Waals surface area contributed by atoms with Crippen LogP contribution in [-0.2, 0) is 6.42 Å². The van der Waals surface area contributed by atoms with Gasteiger partial charge >= 0.3 is 0 Å². The number of allylic oxidation sites excluding steroid dienone is 2. The molecule has 0 saturated carbocycles. The van der Waals surface area contributed by atoms with Crippen molar-refractivity contribution in [3.63, 3.8) is 0 Å². The molecule has 0 amide bonds. The zero-order chi connectivity index (χ0) is 24.5. The van der Waals surface area contributed by atoms with Crippen LogP contribution in [0.3, 0.4) is 0 Å². The monoisotopic (exact) mass is 455 g/mol. The molecule has 1 N–H and O–H groups in total. The van der Waals surface area contributed by atoms with Gasteiger partial charge in [0.05, 0.1) is 12.8 Å². The van der Waals surface area contributed by atoms with Crippen LogP contribution in [0.5, 0.6) is 5.75 Å². The first-order valence-corrected chi connectivity index (χ1v) is 10.7. The summed E-state index contributed by atoms with van der Waals surface area (Å²) in [6, 6.07) is 8.45. The minimum absolute atomic E-state index is 0.119. The molecule has 0 fully saturated rings. The van der Waals surface area contributed by atoms with E-state index in [1.165, 1.54) is 25.4 Å². The van der Waals surface area contributed by atoms with Crippen LogP contribution in [0, 0.1) is 11.6 Å². The number of nitrogens with zero attached hydrogens (tertiary/aromatic N) is 2. The summed E-state index contributed by atoms with van der Waals surface area (Å²) >= 11 is 0. The Morgan fingerprint density at radius 3 is 2.55 bits per heavy atom. The van der Waals surface area contributed by atoms with Crippen LogP contribution >= 0.6 is 0 Å². The second-order valence-corrected chi connectivity index (χ2v) is 7.61. The maximum atomic E-state index is 14.4. The van der Waals surface area contributed by atoms with Gasteiger partial charge in [0.1, 0.15) is 12.5 Å². The van der Waals surface area contributed by atoms with Crippen molar-refractivity contribution in [3.05, 3.63) is 77.1 Å². The Balaban J connectivity index is 2.38. The number of hydrogen-bond acceptors (Lipinski definition) is 5. The van der Waals surface area contributed by atoms with Crippen LogP contribution in [0.15, 0.2) is 53.8 Å². The van der Waals surface area contributed by atoms with Gasteiger partial charge in [-0.15, -0.1) is 0 Å². The third-order valence-corrected chi connectivity index (χ3v) is 5.29. The summed E-state index contributed by atoms with van der Waals surface area (Å²) in [6.07, 6.45) is 6.61. The summed E-state index contributed by atoms with van der Waals surface area (Å²) in [5.74, 6) is -2.15. The van der Waals surface area contributed by atoms with Crippen LogP contribution in [0.4, 0.5) is 14.5 Å². The van der Waals surface area contributed by atoms with Crippen molar-refractivity contribution in [1.82, 2.24) is 4.90 Å². The van der Waals surface area contributed by atoms with Gasteiger partial charge in [0.25, 0.3) is 0 Å². The van der Waals surface area contributed by atoms with Crippen molar-refractivity contribution in [2.45, 2.75) is 40.3 Å². The van der Waals surface area contributed by atoms with Crippen LogP contribution in [0.2, 0.25) is 0 Å². The lowest BCUT2D eigenvalue weighted by molar-refractivity contribution is 0.112. The lowest BCUT2D eigenvalue weighted by Gasteiger charge is -2.29. The van der Waals surface area contributed by atoms with E-state index < -0.39 is 11.6 Å². The first-order valence-electron chi connectivity index (χ1n) is 10.7. The summed E-state index contributed by atoms with van der Waals surface area (Å²) in [4.78, 5) is 17.7. The smallest absolute Gasteiger partial charge is 0.201 e. The molecule has 1 unspecified atom stereocenters. The number of aryl methyl sites for hydroxylation is 1. The van der Waals surface area contributed by atoms with Crippen molar-refractivity contribution < 1.29 is 18.3 Å². The zero-order valence-electron chi connectivity index (χ0n) is 19.9. The minimum atomic E-state index is -1.03. The highest BCUT2D eigenvalue weighted by molar-refractivity contribution is 5.90. The second-order valence-electron chi connectivity index (χ2n) is 7.61. The number of benzene rings is 2. The van der Waals surface area contributed by atoms with Gasteiger partial charge in [0, 0.05) is 30.1 Å². The van der Waals surface area contributed by atoms with Gasteiger partial charge in [0.15, 0.2) is 11.6 Å². The summed E-state index contributed by atoms with van der Waals surface area (Å²) in [5.41, 5.74) is 3.76. The van der Waals surface area contributed by atoms with Gasteiger partial charge in [-0.2, -0.15) is 4.39 Å². The van der Waals surface area contributed by atoms with E-state index in [4.69, 9.17) is 4.74 Å². The highest BCUT2D eigenvalue weighted by Gasteiger charge is 2.17. The van der Waals surface area contributed by atoms with Gasteiger partial charge in [-0.3, -0.25) is 9.79 Å². The van der Waals surface area contributed by atoms with E-state index in [2.05, 4.69) is 10.3 Å². The standard InChI is InChI=1S/C26H31F2N3O2/c1-7-13-31(5)26(30-21-10-9-20(16-32)19(8-2)14-21)18(4)29-15-17(3)22-11-12-23(33-6)25(28)24(22)27/h7,9-16,26,30H,8H2,1-6H3/b13-7-,17-15+,29-18+. The molecular weight excluding hydrogens is 424 g/mol. The third kappa shape index (κ3) is 6.28. The molecule has 0 aliphatic carbocycles. The molecule has 1 atom stereocenters. The van der Waals surface area contributed by atoms with Crippen LogP contribution < -0.4 is 10.1 Å². The topological polar surface area (TPSA) is 53.9 Å². The molecule has 33 heavy (non-hydrogen) atoms. The number of methoxy groups -OCH3 is 1. The molecule has 2 aromatic carbocycles. The minimum Gasteiger partial charge on any atom is -0.494 e. The average Bonchev–Trinajstić information content (AvgIpc) is 2.82. The van der Waals surface area contributed by atoms with Crippen molar-refractivity contribution in [3.8, 4) is 5.75 Å². The molecule has 0 aromatic heterocycles. The Kier molecular flexibility index (Phi) is 9.33. The van der Waals surface area contributed by atoms with E-state index >= 15 is 0 Å². The number of nitrogens with one attached hydrogen (secondary N) is 1. The van der Waals surface area contributed by atoms with Gasteiger partial charge in [-0.25, -0.2) is 4.39 Å². The Bertz CT molecular complexity index is 1080. The van der Waals surface area contributed by atoms with Crippen molar-refractivity contribution in [2.24, 2.45) is 4.99 Å². The fraction of sp³-hybridized carbons (Fsp3) is 0.308. The van der Waals surface area contributed by atoms with Gasteiger partial charge < -0.3 is 15.0 Å². The number of anilines is 1. The average molecular weight is 456 g/mol. The Morgan fingerprint density at radius 2 is 1.94 bits per heavy atom. The van der Waals surface area contributed by atoms with Gasteiger partial charge in [-0.05, 0) is 74.9 Å². The summed E-state index contributed by atoms with van der Waals surface area (Å²) in [7, 11) is 3.20. The van der Waals surface area contributed by atoms with E-state index in [1.54, 1.807) is 13.0 Å². The summed E-state index contributed by atoms with van der Waals surface area (Å²) < 4.78 is 33.3. The number of aliphatic imine (C=N–C) groups is 1. The van der Waals surface area contributed by atoms with Crippen molar-refractivity contribution >= 4 is 23.3 Å². The number of ether oxygens (including phenoxy) is 1. The number of carbonyl (C=O) groups is 1. The van der Waals surface area contributed by atoms with Crippen LogP contribution in [0.1, 0.15) is 49.2 Å². The molecule has 176 valence electrons. The predicted molar refractivity (Wildman–Crippen MR) is 131 cm³/mol. The lowest BCUT2D eigenvalue weighted by Crippen LogP contribution is -2.40. The number of aldehydes is 1. The molecule has 0 aliphatic rings. The Hall–Kier alpha value is -3.48. The molecule has 5 nitrogen and oxygen atoms in total. The maximum Gasteiger partial charge on any atom is 0.201 e. The SMILES string of the molecule is C/C=C\N(C)C(Nc1ccc(C=O)c(CC)c1)/C(C)=N/C=C(\C)c1ccc(OC)c(F)c1F. The van der Waals surface area contributed by atoms with E-state index in [-0.39, 0.29) is 17.5 Å². The summed E-state index contributed by atoms with van der Waals surface area (Å²) in [6.45, 7) is 7.44. The number of halogens is 2. The summed E-state index contributed by atoms with van der Waals surface area (Å²) in [5, 5.41) is 3.44. The Morgan fingerprint density at radius 1 is 1.21 bits per heavy atom. The van der Waals surface area contributed by atoms with Crippen LogP contribution in [0.25, 0.3) is 5.57 Å². The Labute approximate surface area is 194 Å². The third-order valence-electron chi connectivity index (χ3n) is 5.29. The highest BCUT2D eigenvalue weighted by atomic mass is 19.2. The van der Waals surface area contributed by atoms with E-state index in [1.807, 2.05) is 57.1 Å². The zero-order valence-corrected chi connectivity index (χ0v) is 19.9. The largest absolute Gasteiger partial charge is 0.494 e. The maximum absolute atomic E-state index is 14.4. The molecule has 0 heterocycles.